The standard InChI is InChI=1S/C29H24FN5O2S/c1-17-8-9-31-16-25(17)19-6-7-27-24(13-19)29(35-34-27)28-14-23-22(4-3-5-26(23)33-28)20-10-18(11-21(30)12-20)15-32-38(2,36)37/h3-14,16,32-33H,15H2,1-2H3,(H,34,35). The number of pyridine rings is 1. The van der Waals surface area contributed by atoms with Crippen LogP contribution in [0.15, 0.2) is 79.1 Å². The van der Waals surface area contributed by atoms with E-state index in [1.54, 1.807) is 12.3 Å². The summed E-state index contributed by atoms with van der Waals surface area (Å²) in [5.74, 6) is -0.433. The van der Waals surface area contributed by atoms with Crippen molar-refractivity contribution in [3.05, 3.63) is 96.1 Å². The van der Waals surface area contributed by atoms with E-state index >= 15 is 0 Å². The van der Waals surface area contributed by atoms with E-state index in [1.165, 1.54) is 12.1 Å². The Bertz CT molecular complexity index is 1940. The van der Waals surface area contributed by atoms with Crippen LogP contribution in [0.25, 0.3) is 55.4 Å². The molecule has 6 aromatic rings. The first-order valence-electron chi connectivity index (χ1n) is 12.0. The Morgan fingerprint density at radius 2 is 1.79 bits per heavy atom. The van der Waals surface area contributed by atoms with Crippen LogP contribution in [0.1, 0.15) is 11.1 Å². The average Bonchev–Trinajstić information content (AvgIpc) is 3.50. The van der Waals surface area contributed by atoms with Crippen molar-refractivity contribution < 1.29 is 12.8 Å². The van der Waals surface area contributed by atoms with Gasteiger partial charge in [0.1, 0.15) is 11.5 Å². The van der Waals surface area contributed by atoms with E-state index < -0.39 is 15.8 Å². The van der Waals surface area contributed by atoms with Crippen LogP contribution in [0.5, 0.6) is 0 Å². The molecule has 9 heteroatoms. The van der Waals surface area contributed by atoms with E-state index in [1.807, 2.05) is 42.6 Å². The highest BCUT2D eigenvalue weighted by molar-refractivity contribution is 7.88. The lowest BCUT2D eigenvalue weighted by molar-refractivity contribution is 0.586. The first-order chi connectivity index (χ1) is 18.2. The maximum atomic E-state index is 14.5. The van der Waals surface area contributed by atoms with Gasteiger partial charge in [0.05, 0.1) is 17.5 Å². The molecule has 3 heterocycles. The number of hydrogen-bond donors (Lipinski definition) is 3. The van der Waals surface area contributed by atoms with Crippen LogP contribution in [-0.2, 0) is 16.6 Å². The van der Waals surface area contributed by atoms with Crippen molar-refractivity contribution in [2.24, 2.45) is 0 Å². The van der Waals surface area contributed by atoms with Gasteiger partial charge in [-0.15, -0.1) is 0 Å². The maximum Gasteiger partial charge on any atom is 0.209 e. The van der Waals surface area contributed by atoms with Crippen LogP contribution in [-0.4, -0.2) is 34.8 Å². The molecule has 38 heavy (non-hydrogen) atoms. The van der Waals surface area contributed by atoms with Gasteiger partial charge in [0.25, 0.3) is 0 Å². The first-order valence-corrected chi connectivity index (χ1v) is 13.9. The molecule has 0 bridgehead atoms. The Morgan fingerprint density at radius 3 is 2.61 bits per heavy atom. The second kappa shape index (κ2) is 9.20. The minimum Gasteiger partial charge on any atom is -0.353 e. The number of sulfonamides is 1. The second-order valence-electron chi connectivity index (χ2n) is 9.41. The van der Waals surface area contributed by atoms with Crippen LogP contribution < -0.4 is 4.72 Å². The highest BCUT2D eigenvalue weighted by atomic mass is 32.2. The summed E-state index contributed by atoms with van der Waals surface area (Å²) in [6.45, 7) is 2.07. The third kappa shape index (κ3) is 4.57. The molecule has 0 atom stereocenters. The fourth-order valence-electron chi connectivity index (χ4n) is 4.81. The number of nitrogens with one attached hydrogen (secondary N) is 3. The molecule has 0 amide bonds. The van der Waals surface area contributed by atoms with Crippen LogP contribution in [0.2, 0.25) is 0 Å². The van der Waals surface area contributed by atoms with E-state index in [0.717, 1.165) is 61.7 Å². The molecular weight excluding hydrogens is 501 g/mol. The lowest BCUT2D eigenvalue weighted by atomic mass is 9.99. The predicted octanol–water partition coefficient (Wildman–Crippen LogP) is 5.94. The van der Waals surface area contributed by atoms with Crippen molar-refractivity contribution in [2.75, 3.05) is 6.26 Å². The number of hydrogen-bond acceptors (Lipinski definition) is 4. The van der Waals surface area contributed by atoms with Gasteiger partial charge in [-0.2, -0.15) is 5.10 Å². The normalized spacial score (nSPS) is 12.0. The van der Waals surface area contributed by atoms with Gasteiger partial charge in [0.2, 0.25) is 10.0 Å². The van der Waals surface area contributed by atoms with Gasteiger partial charge in [-0.1, -0.05) is 18.2 Å². The zero-order valence-corrected chi connectivity index (χ0v) is 21.5. The number of aromatic nitrogens is 4. The van der Waals surface area contributed by atoms with Crippen LogP contribution >= 0.6 is 0 Å². The topological polar surface area (TPSA) is 104 Å². The van der Waals surface area contributed by atoms with Crippen molar-refractivity contribution in [2.45, 2.75) is 13.5 Å². The monoisotopic (exact) mass is 525 g/mol. The smallest absolute Gasteiger partial charge is 0.209 e. The summed E-state index contributed by atoms with van der Waals surface area (Å²) >= 11 is 0. The van der Waals surface area contributed by atoms with Crippen molar-refractivity contribution in [1.29, 1.82) is 0 Å². The molecule has 3 aromatic heterocycles. The van der Waals surface area contributed by atoms with Crippen molar-refractivity contribution in [3.63, 3.8) is 0 Å². The van der Waals surface area contributed by atoms with Crippen LogP contribution in [0.4, 0.5) is 4.39 Å². The first kappa shape index (κ1) is 24.0. The Morgan fingerprint density at radius 1 is 0.921 bits per heavy atom. The molecule has 190 valence electrons. The van der Waals surface area contributed by atoms with E-state index in [0.29, 0.717) is 11.1 Å². The highest BCUT2D eigenvalue weighted by Crippen LogP contribution is 2.36. The fourth-order valence-corrected chi connectivity index (χ4v) is 5.24. The lowest BCUT2D eigenvalue weighted by Gasteiger charge is -2.08. The second-order valence-corrected chi connectivity index (χ2v) is 11.2. The molecule has 0 saturated heterocycles. The van der Waals surface area contributed by atoms with E-state index in [2.05, 4.69) is 43.9 Å². The Kier molecular flexibility index (Phi) is 5.81. The van der Waals surface area contributed by atoms with Crippen molar-refractivity contribution in [3.8, 4) is 33.6 Å². The van der Waals surface area contributed by atoms with Gasteiger partial charge in [-0.05, 0) is 83.3 Å². The summed E-state index contributed by atoms with van der Waals surface area (Å²) in [6.07, 6.45) is 4.73. The van der Waals surface area contributed by atoms with Gasteiger partial charge in [0.15, 0.2) is 0 Å². The summed E-state index contributed by atoms with van der Waals surface area (Å²) < 4.78 is 40.0. The molecule has 7 nitrogen and oxygen atoms in total. The van der Waals surface area contributed by atoms with Crippen molar-refractivity contribution in [1.82, 2.24) is 24.9 Å². The van der Waals surface area contributed by atoms with Gasteiger partial charge in [-0.3, -0.25) is 10.1 Å². The van der Waals surface area contributed by atoms with Crippen molar-refractivity contribution >= 4 is 31.8 Å². The predicted molar refractivity (Wildman–Crippen MR) is 148 cm³/mol. The molecule has 0 aliphatic carbocycles. The van der Waals surface area contributed by atoms with E-state index in [9.17, 15) is 12.8 Å². The number of fused-ring (bicyclic) bond motifs is 2. The quantitative estimate of drug-likeness (QED) is 0.250. The number of halogens is 1. The van der Waals surface area contributed by atoms with Crippen LogP contribution in [0.3, 0.4) is 0 Å². The fraction of sp³-hybridized carbons (Fsp3) is 0.103. The van der Waals surface area contributed by atoms with E-state index in [4.69, 9.17) is 0 Å². The Hall–Kier alpha value is -4.34. The Balaban J connectivity index is 1.44. The molecular formula is C29H24FN5O2S. The number of rotatable bonds is 6. The SMILES string of the molecule is Cc1ccncc1-c1ccc2[nH]nc(-c3cc4c(-c5cc(F)cc(CNS(C)(=O)=O)c5)cccc4[nH]3)c2c1. The Labute approximate surface area is 218 Å². The van der Waals surface area contributed by atoms with E-state index in [-0.39, 0.29) is 6.54 Å². The van der Waals surface area contributed by atoms with Gasteiger partial charge in [0, 0.05) is 40.8 Å². The summed E-state index contributed by atoms with van der Waals surface area (Å²) in [7, 11) is -3.40. The zero-order valence-electron chi connectivity index (χ0n) is 20.7. The molecule has 0 aliphatic rings. The third-order valence-corrected chi connectivity index (χ3v) is 7.31. The molecule has 0 fully saturated rings. The van der Waals surface area contributed by atoms with Gasteiger partial charge >= 0.3 is 0 Å². The molecule has 0 unspecified atom stereocenters. The number of benzene rings is 3. The van der Waals surface area contributed by atoms with Gasteiger partial charge in [-0.25, -0.2) is 17.5 Å². The maximum absolute atomic E-state index is 14.5. The molecule has 0 saturated carbocycles. The third-order valence-electron chi connectivity index (χ3n) is 6.64. The number of aryl methyl sites for hydroxylation is 1. The molecule has 3 aromatic carbocycles. The molecule has 0 spiro atoms. The summed E-state index contributed by atoms with van der Waals surface area (Å²) in [6, 6.07) is 20.6. The molecule has 6 rings (SSSR count). The zero-order chi connectivity index (χ0) is 26.4. The minimum absolute atomic E-state index is 0.00988. The minimum atomic E-state index is -3.40. The average molecular weight is 526 g/mol. The molecule has 3 N–H and O–H groups in total. The molecule has 0 radical (unpaired) electrons. The number of nitrogens with zero attached hydrogens (tertiary/aromatic N) is 2. The number of H-pyrrole nitrogens is 2. The molecule has 0 aliphatic heterocycles. The lowest BCUT2D eigenvalue weighted by Crippen LogP contribution is -2.21. The number of aromatic amines is 2. The summed E-state index contributed by atoms with van der Waals surface area (Å²) in [5, 5.41) is 9.60. The summed E-state index contributed by atoms with van der Waals surface area (Å²) in [4.78, 5) is 7.75. The summed E-state index contributed by atoms with van der Waals surface area (Å²) in [5.41, 5.74) is 8.69. The highest BCUT2D eigenvalue weighted by Gasteiger charge is 2.15. The van der Waals surface area contributed by atoms with Gasteiger partial charge < -0.3 is 4.98 Å². The largest absolute Gasteiger partial charge is 0.353 e. The van der Waals surface area contributed by atoms with Crippen LogP contribution in [0, 0.1) is 12.7 Å².